The number of nitrogens with zero attached hydrogens (tertiary/aromatic N) is 5. The van der Waals surface area contributed by atoms with Crippen molar-refractivity contribution in [3.63, 3.8) is 0 Å². The second-order valence-electron chi connectivity index (χ2n) is 7.06. The van der Waals surface area contributed by atoms with Gasteiger partial charge < -0.3 is 4.90 Å². The van der Waals surface area contributed by atoms with Crippen LogP contribution < -0.4 is 5.32 Å². The molecule has 1 aliphatic rings. The molecule has 0 radical (unpaired) electrons. The summed E-state index contributed by atoms with van der Waals surface area (Å²) in [4.78, 5) is 14.9. The minimum absolute atomic E-state index is 0.0317. The van der Waals surface area contributed by atoms with Gasteiger partial charge in [0.15, 0.2) is 0 Å². The minimum Gasteiger partial charge on any atom is -0.317 e. The number of anilines is 1. The standard InChI is InChI=1S/C20H24N6O/c1-15(17-6-4-3-5-7-17)26-19(10-11-21-26)23-20(27)25(18-8-9-18)14-16-12-22-24(2)13-16/h3-7,10-13,15,18H,8-9,14H2,1-2H3,(H,23,27). The number of aromatic nitrogens is 4. The molecule has 3 aromatic rings. The van der Waals surface area contributed by atoms with E-state index < -0.39 is 0 Å². The summed E-state index contributed by atoms with van der Waals surface area (Å²) in [6.45, 7) is 2.64. The van der Waals surface area contributed by atoms with Gasteiger partial charge in [0, 0.05) is 30.9 Å². The number of amides is 2. The van der Waals surface area contributed by atoms with Gasteiger partial charge in [0.05, 0.1) is 25.0 Å². The lowest BCUT2D eigenvalue weighted by Crippen LogP contribution is -2.36. The monoisotopic (exact) mass is 364 g/mol. The highest BCUT2D eigenvalue weighted by Gasteiger charge is 2.33. The van der Waals surface area contributed by atoms with E-state index in [-0.39, 0.29) is 12.1 Å². The number of carbonyl (C=O) groups is 1. The van der Waals surface area contributed by atoms with Crippen LogP contribution in [-0.4, -0.2) is 36.5 Å². The van der Waals surface area contributed by atoms with Gasteiger partial charge in [0.1, 0.15) is 5.82 Å². The minimum atomic E-state index is -0.0941. The second kappa shape index (κ2) is 7.26. The van der Waals surface area contributed by atoms with Gasteiger partial charge in [0.25, 0.3) is 0 Å². The molecule has 0 aliphatic heterocycles. The number of aryl methyl sites for hydroxylation is 1. The highest BCUT2D eigenvalue weighted by molar-refractivity contribution is 5.88. The molecule has 2 heterocycles. The van der Waals surface area contributed by atoms with Crippen molar-refractivity contribution < 1.29 is 4.79 Å². The molecule has 1 atom stereocenters. The molecular weight excluding hydrogens is 340 g/mol. The van der Waals surface area contributed by atoms with Crippen LogP contribution in [0.1, 0.15) is 36.9 Å². The Morgan fingerprint density at radius 1 is 1.26 bits per heavy atom. The highest BCUT2D eigenvalue weighted by Crippen LogP contribution is 2.29. The molecule has 7 nitrogen and oxygen atoms in total. The van der Waals surface area contributed by atoms with Crippen molar-refractivity contribution in [2.45, 2.75) is 38.4 Å². The topological polar surface area (TPSA) is 68.0 Å². The summed E-state index contributed by atoms with van der Waals surface area (Å²) >= 11 is 0. The molecule has 1 saturated carbocycles. The van der Waals surface area contributed by atoms with Crippen molar-refractivity contribution in [1.29, 1.82) is 0 Å². The molecule has 7 heteroatoms. The molecule has 2 amide bonds. The Balaban J connectivity index is 1.50. The molecule has 0 saturated heterocycles. The van der Waals surface area contributed by atoms with E-state index in [0.717, 1.165) is 24.0 Å². The zero-order valence-electron chi connectivity index (χ0n) is 15.6. The Hall–Kier alpha value is -3.09. The van der Waals surface area contributed by atoms with Gasteiger partial charge in [-0.2, -0.15) is 10.2 Å². The summed E-state index contributed by atoms with van der Waals surface area (Å²) in [5, 5.41) is 11.7. The van der Waals surface area contributed by atoms with Gasteiger partial charge >= 0.3 is 6.03 Å². The smallest absolute Gasteiger partial charge is 0.317 e. The van der Waals surface area contributed by atoms with Crippen LogP contribution in [0.2, 0.25) is 0 Å². The van der Waals surface area contributed by atoms with Crippen molar-refractivity contribution in [3.05, 3.63) is 66.1 Å². The highest BCUT2D eigenvalue weighted by atomic mass is 16.2. The molecule has 1 N–H and O–H groups in total. The predicted octanol–water partition coefficient (Wildman–Crippen LogP) is 3.42. The van der Waals surface area contributed by atoms with Crippen molar-refractivity contribution >= 4 is 11.8 Å². The van der Waals surface area contributed by atoms with Crippen LogP contribution in [0.25, 0.3) is 0 Å². The summed E-state index contributed by atoms with van der Waals surface area (Å²) in [5.41, 5.74) is 2.18. The predicted molar refractivity (Wildman–Crippen MR) is 103 cm³/mol. The van der Waals surface area contributed by atoms with Crippen LogP contribution in [0.15, 0.2) is 55.0 Å². The van der Waals surface area contributed by atoms with E-state index in [2.05, 4.69) is 34.6 Å². The average Bonchev–Trinajstić information content (AvgIpc) is 3.28. The van der Waals surface area contributed by atoms with E-state index >= 15 is 0 Å². The van der Waals surface area contributed by atoms with Gasteiger partial charge in [-0.3, -0.25) is 10.00 Å². The number of rotatable bonds is 6. The first-order chi connectivity index (χ1) is 13.1. The molecule has 1 aliphatic carbocycles. The average molecular weight is 364 g/mol. The lowest BCUT2D eigenvalue weighted by Gasteiger charge is -2.23. The SMILES string of the molecule is CC(c1ccccc1)n1nccc1NC(=O)N(Cc1cnn(C)c1)C1CC1. The Morgan fingerprint density at radius 2 is 2.04 bits per heavy atom. The lowest BCUT2D eigenvalue weighted by atomic mass is 10.1. The lowest BCUT2D eigenvalue weighted by molar-refractivity contribution is 0.206. The van der Waals surface area contributed by atoms with Gasteiger partial charge in [-0.1, -0.05) is 30.3 Å². The first-order valence-corrected chi connectivity index (χ1v) is 9.25. The number of nitrogens with one attached hydrogen (secondary N) is 1. The summed E-state index contributed by atoms with van der Waals surface area (Å²) in [6, 6.07) is 12.2. The quantitative estimate of drug-likeness (QED) is 0.729. The van der Waals surface area contributed by atoms with Crippen LogP contribution >= 0.6 is 0 Å². The number of benzene rings is 1. The summed E-state index contributed by atoms with van der Waals surface area (Å²) in [6.07, 6.45) is 7.58. The van der Waals surface area contributed by atoms with E-state index in [1.54, 1.807) is 10.9 Å². The van der Waals surface area contributed by atoms with E-state index in [9.17, 15) is 4.79 Å². The van der Waals surface area contributed by atoms with E-state index in [1.165, 1.54) is 0 Å². The van der Waals surface area contributed by atoms with Gasteiger partial charge in [-0.05, 0) is 25.3 Å². The summed E-state index contributed by atoms with van der Waals surface area (Å²) < 4.78 is 3.61. The van der Waals surface area contributed by atoms with Gasteiger partial charge in [-0.15, -0.1) is 0 Å². The van der Waals surface area contributed by atoms with E-state index in [4.69, 9.17) is 0 Å². The van der Waals surface area contributed by atoms with Crippen LogP contribution in [0.3, 0.4) is 0 Å². The third-order valence-electron chi connectivity index (χ3n) is 4.91. The van der Waals surface area contributed by atoms with Crippen LogP contribution in [-0.2, 0) is 13.6 Å². The third kappa shape index (κ3) is 3.86. The van der Waals surface area contributed by atoms with Crippen molar-refractivity contribution in [3.8, 4) is 0 Å². The number of carbonyl (C=O) groups excluding carboxylic acids is 1. The Labute approximate surface area is 158 Å². The van der Waals surface area contributed by atoms with Crippen molar-refractivity contribution in [2.24, 2.45) is 7.05 Å². The van der Waals surface area contributed by atoms with Crippen molar-refractivity contribution in [2.75, 3.05) is 5.32 Å². The molecule has 27 heavy (non-hydrogen) atoms. The molecule has 4 rings (SSSR count). The molecule has 1 fully saturated rings. The number of hydrogen-bond acceptors (Lipinski definition) is 3. The maximum atomic E-state index is 13.0. The molecular formula is C20H24N6O. The van der Waals surface area contributed by atoms with Crippen LogP contribution in [0, 0.1) is 0 Å². The third-order valence-corrected chi connectivity index (χ3v) is 4.91. The number of urea groups is 1. The first-order valence-electron chi connectivity index (χ1n) is 9.25. The molecule has 0 bridgehead atoms. The maximum absolute atomic E-state index is 13.0. The van der Waals surface area contributed by atoms with E-state index in [0.29, 0.717) is 18.4 Å². The molecule has 2 aromatic heterocycles. The zero-order chi connectivity index (χ0) is 18.8. The normalized spacial score (nSPS) is 14.7. The molecule has 0 spiro atoms. The van der Waals surface area contributed by atoms with Crippen molar-refractivity contribution in [1.82, 2.24) is 24.5 Å². The Kier molecular flexibility index (Phi) is 4.66. The zero-order valence-corrected chi connectivity index (χ0v) is 15.6. The van der Waals surface area contributed by atoms with Gasteiger partial charge in [0.2, 0.25) is 0 Å². The largest absolute Gasteiger partial charge is 0.323 e. The Bertz CT molecular complexity index is 911. The number of hydrogen-bond donors (Lipinski definition) is 1. The summed E-state index contributed by atoms with van der Waals surface area (Å²) in [5.74, 6) is 0.702. The van der Waals surface area contributed by atoms with Crippen LogP contribution in [0.5, 0.6) is 0 Å². The first kappa shape index (κ1) is 17.3. The molecule has 1 unspecified atom stereocenters. The molecule has 1 aromatic carbocycles. The second-order valence-corrected chi connectivity index (χ2v) is 7.06. The summed E-state index contributed by atoms with van der Waals surface area (Å²) in [7, 11) is 1.88. The Morgan fingerprint density at radius 3 is 2.70 bits per heavy atom. The fourth-order valence-electron chi connectivity index (χ4n) is 3.28. The molecule has 140 valence electrons. The maximum Gasteiger partial charge on any atom is 0.323 e. The van der Waals surface area contributed by atoms with E-state index in [1.807, 2.05) is 53.3 Å². The van der Waals surface area contributed by atoms with Crippen LogP contribution in [0.4, 0.5) is 10.6 Å². The fraction of sp³-hybridized carbons (Fsp3) is 0.350. The van der Waals surface area contributed by atoms with Gasteiger partial charge in [-0.25, -0.2) is 9.48 Å². The fourth-order valence-corrected chi connectivity index (χ4v) is 3.28.